The van der Waals surface area contributed by atoms with Crippen LogP contribution in [0.2, 0.25) is 0 Å². The summed E-state index contributed by atoms with van der Waals surface area (Å²) in [5.74, 6) is -1.52. The molecule has 0 unspecified atom stereocenters. The van der Waals surface area contributed by atoms with Crippen LogP contribution in [0.1, 0.15) is 70.9 Å². The molecule has 27 heavy (non-hydrogen) atoms. The predicted molar refractivity (Wildman–Crippen MR) is 105 cm³/mol. The number of aromatic hydroxyl groups is 2. The molecule has 0 atom stereocenters. The number of allylic oxidation sites excluding steroid dienone is 2. The first-order valence-electron chi connectivity index (χ1n) is 9.48. The first-order valence-corrected chi connectivity index (χ1v) is 9.48. The third-order valence-electron chi connectivity index (χ3n) is 4.99. The van der Waals surface area contributed by atoms with Crippen LogP contribution in [0.5, 0.6) is 11.5 Å². The summed E-state index contributed by atoms with van der Waals surface area (Å²) in [5.41, 5.74) is 1.82. The minimum Gasteiger partial charge on any atom is -0.507 e. The molecular weight excluding hydrogens is 340 g/mol. The minimum atomic E-state index is -0.479. The van der Waals surface area contributed by atoms with Crippen molar-refractivity contribution < 1.29 is 19.8 Å². The van der Waals surface area contributed by atoms with Crippen LogP contribution in [-0.4, -0.2) is 21.8 Å². The fourth-order valence-electron chi connectivity index (χ4n) is 3.46. The highest BCUT2D eigenvalue weighted by molar-refractivity contribution is 6.39. The van der Waals surface area contributed by atoms with Crippen LogP contribution < -0.4 is 0 Å². The van der Waals surface area contributed by atoms with E-state index in [-0.39, 0.29) is 28.2 Å². The van der Waals surface area contributed by atoms with Crippen molar-refractivity contribution in [2.45, 2.75) is 45.4 Å². The zero-order valence-electron chi connectivity index (χ0n) is 15.5. The van der Waals surface area contributed by atoms with E-state index in [1.165, 1.54) is 49.5 Å². The molecule has 2 aromatic carbocycles. The Morgan fingerprint density at radius 1 is 0.778 bits per heavy atom. The molecule has 2 N–H and O–H groups in total. The number of hydrogen-bond acceptors (Lipinski definition) is 4. The van der Waals surface area contributed by atoms with Gasteiger partial charge in [-0.2, -0.15) is 0 Å². The molecule has 4 heteroatoms. The number of Topliss-reactive ketones (excluding diaryl/α,β-unsaturated/α-hetero) is 1. The largest absolute Gasteiger partial charge is 0.507 e. The van der Waals surface area contributed by atoms with Gasteiger partial charge >= 0.3 is 0 Å². The zero-order chi connectivity index (χ0) is 19.4. The molecule has 0 heterocycles. The second-order valence-electron chi connectivity index (χ2n) is 6.97. The van der Waals surface area contributed by atoms with E-state index < -0.39 is 11.6 Å². The molecule has 0 saturated carbocycles. The van der Waals surface area contributed by atoms with E-state index in [1.807, 2.05) is 24.3 Å². The van der Waals surface area contributed by atoms with Gasteiger partial charge in [0.1, 0.15) is 11.5 Å². The smallest absolute Gasteiger partial charge is 0.198 e. The Bertz CT molecular complexity index is 891. The van der Waals surface area contributed by atoms with Gasteiger partial charge in [-0.15, -0.1) is 0 Å². The van der Waals surface area contributed by atoms with Crippen molar-refractivity contribution in [1.29, 1.82) is 0 Å². The highest BCUT2D eigenvalue weighted by Gasteiger charge is 2.31. The monoisotopic (exact) mass is 364 g/mol. The molecule has 0 aliphatic heterocycles. The predicted octanol–water partition coefficient (Wildman–Crippen LogP) is 5.07. The van der Waals surface area contributed by atoms with Crippen molar-refractivity contribution in [3.05, 3.63) is 64.7 Å². The van der Waals surface area contributed by atoms with Crippen LogP contribution in [0.4, 0.5) is 0 Å². The first kappa shape index (κ1) is 18.9. The van der Waals surface area contributed by atoms with E-state index in [0.29, 0.717) is 5.56 Å². The molecule has 0 radical (unpaired) electrons. The third kappa shape index (κ3) is 3.95. The summed E-state index contributed by atoms with van der Waals surface area (Å²) < 4.78 is 0. The van der Waals surface area contributed by atoms with Crippen LogP contribution in [0.15, 0.2) is 42.5 Å². The highest BCUT2D eigenvalue weighted by atomic mass is 16.3. The SMILES string of the molecule is CCCCCCCc1ccc(C2=CC(=O)c3c(O)ccc(O)c3C2=O)cc1. The van der Waals surface area contributed by atoms with Gasteiger partial charge in [-0.1, -0.05) is 56.9 Å². The molecule has 1 aliphatic carbocycles. The Morgan fingerprint density at radius 2 is 1.41 bits per heavy atom. The van der Waals surface area contributed by atoms with Gasteiger partial charge in [-0.25, -0.2) is 0 Å². The lowest BCUT2D eigenvalue weighted by molar-refractivity contribution is 0.0996. The van der Waals surface area contributed by atoms with Crippen LogP contribution in [-0.2, 0) is 6.42 Å². The van der Waals surface area contributed by atoms with Crippen molar-refractivity contribution in [3.8, 4) is 11.5 Å². The van der Waals surface area contributed by atoms with Crippen LogP contribution in [0.3, 0.4) is 0 Å². The average Bonchev–Trinajstić information content (AvgIpc) is 2.67. The van der Waals surface area contributed by atoms with Crippen molar-refractivity contribution in [2.75, 3.05) is 0 Å². The molecule has 0 spiro atoms. The number of phenols is 2. The Kier molecular flexibility index (Phi) is 5.75. The molecule has 0 aromatic heterocycles. The van der Waals surface area contributed by atoms with Gasteiger partial charge in [0.15, 0.2) is 11.6 Å². The number of benzene rings is 2. The lowest BCUT2D eigenvalue weighted by Gasteiger charge is -2.17. The number of phenolic OH excluding ortho intramolecular Hbond substituents is 2. The lowest BCUT2D eigenvalue weighted by Crippen LogP contribution is -2.16. The molecule has 1 aliphatic rings. The van der Waals surface area contributed by atoms with Gasteiger partial charge in [-0.3, -0.25) is 9.59 Å². The van der Waals surface area contributed by atoms with E-state index in [2.05, 4.69) is 6.92 Å². The van der Waals surface area contributed by atoms with Gasteiger partial charge in [0.05, 0.1) is 11.1 Å². The standard InChI is InChI=1S/C23H24O4/c1-2-3-4-5-6-7-15-8-10-16(11-9-15)17-14-20(26)21-18(24)12-13-19(25)22(21)23(17)27/h8-14,24-25H,2-7H2,1H3. The highest BCUT2D eigenvalue weighted by Crippen LogP contribution is 2.37. The lowest BCUT2D eigenvalue weighted by atomic mass is 9.85. The average molecular weight is 364 g/mol. The maximum Gasteiger partial charge on any atom is 0.198 e. The van der Waals surface area contributed by atoms with Crippen molar-refractivity contribution in [2.24, 2.45) is 0 Å². The Morgan fingerprint density at radius 3 is 2.07 bits per heavy atom. The van der Waals surface area contributed by atoms with E-state index in [0.717, 1.165) is 12.8 Å². The fraction of sp³-hybridized carbons (Fsp3) is 0.304. The Labute approximate surface area is 159 Å². The van der Waals surface area contributed by atoms with E-state index in [4.69, 9.17) is 0 Å². The van der Waals surface area contributed by atoms with E-state index in [9.17, 15) is 19.8 Å². The van der Waals surface area contributed by atoms with Gasteiger partial charge in [0, 0.05) is 5.57 Å². The molecule has 0 bridgehead atoms. The number of aryl methyl sites for hydroxylation is 1. The molecular formula is C23H24O4. The summed E-state index contributed by atoms with van der Waals surface area (Å²) >= 11 is 0. The maximum absolute atomic E-state index is 12.8. The normalized spacial score (nSPS) is 13.4. The number of fused-ring (bicyclic) bond motifs is 1. The van der Waals surface area contributed by atoms with Crippen molar-refractivity contribution in [1.82, 2.24) is 0 Å². The maximum atomic E-state index is 12.8. The Balaban J connectivity index is 1.78. The van der Waals surface area contributed by atoms with E-state index >= 15 is 0 Å². The number of rotatable bonds is 7. The molecule has 0 amide bonds. The van der Waals surface area contributed by atoms with Crippen molar-refractivity contribution >= 4 is 17.1 Å². The molecule has 2 aromatic rings. The second-order valence-corrected chi connectivity index (χ2v) is 6.97. The second kappa shape index (κ2) is 8.21. The summed E-state index contributed by atoms with van der Waals surface area (Å²) in [5, 5.41) is 19.9. The summed E-state index contributed by atoms with van der Waals surface area (Å²) in [6.45, 7) is 2.20. The number of carbonyl (C=O) groups excluding carboxylic acids is 2. The molecule has 0 fully saturated rings. The summed E-state index contributed by atoms with van der Waals surface area (Å²) in [6.07, 6.45) is 8.35. The van der Waals surface area contributed by atoms with Crippen molar-refractivity contribution in [3.63, 3.8) is 0 Å². The van der Waals surface area contributed by atoms with Crippen LogP contribution in [0, 0.1) is 0 Å². The van der Waals surface area contributed by atoms with Gasteiger partial charge < -0.3 is 10.2 Å². The molecule has 140 valence electrons. The summed E-state index contributed by atoms with van der Waals surface area (Å²) in [4.78, 5) is 25.2. The van der Waals surface area contributed by atoms with Crippen LogP contribution in [0.25, 0.3) is 5.57 Å². The third-order valence-corrected chi connectivity index (χ3v) is 4.99. The van der Waals surface area contributed by atoms with Gasteiger partial charge in [0.2, 0.25) is 0 Å². The number of hydrogen-bond donors (Lipinski definition) is 2. The number of unbranched alkanes of at least 4 members (excludes halogenated alkanes) is 4. The summed E-state index contributed by atoms with van der Waals surface area (Å²) in [7, 11) is 0. The molecule has 3 rings (SSSR count). The molecule has 4 nitrogen and oxygen atoms in total. The quantitative estimate of drug-likeness (QED) is 0.531. The van der Waals surface area contributed by atoms with Gasteiger partial charge in [0.25, 0.3) is 0 Å². The summed E-state index contributed by atoms with van der Waals surface area (Å²) in [6, 6.07) is 10.1. The van der Waals surface area contributed by atoms with E-state index in [1.54, 1.807) is 0 Å². The number of carbonyl (C=O) groups is 2. The van der Waals surface area contributed by atoms with Crippen LogP contribution >= 0.6 is 0 Å². The fourth-order valence-corrected chi connectivity index (χ4v) is 3.46. The topological polar surface area (TPSA) is 74.6 Å². The minimum absolute atomic E-state index is 0.127. The molecule has 0 saturated heterocycles. The zero-order valence-corrected chi connectivity index (χ0v) is 15.5. The van der Waals surface area contributed by atoms with Gasteiger partial charge in [-0.05, 0) is 42.2 Å². The Hall–Kier alpha value is -2.88. The first-order chi connectivity index (χ1) is 13.0. The number of ketones is 2.